The topological polar surface area (TPSA) is 101 Å². The second-order valence-corrected chi connectivity index (χ2v) is 7.59. The summed E-state index contributed by atoms with van der Waals surface area (Å²) in [5.41, 5.74) is 5.96. The lowest BCUT2D eigenvalue weighted by Crippen LogP contribution is -1.94. The first kappa shape index (κ1) is 18.4. The molecule has 0 bridgehead atoms. The van der Waals surface area contributed by atoms with Crippen molar-refractivity contribution in [2.45, 2.75) is 6.92 Å². The second-order valence-electron chi connectivity index (χ2n) is 7.59. The number of aryl methyl sites for hydroxylation is 1. The van der Waals surface area contributed by atoms with Crippen molar-refractivity contribution in [3.05, 3.63) is 66.6 Å². The molecule has 0 saturated carbocycles. The number of nitrogens with one attached hydrogen (secondary N) is 2. The Morgan fingerprint density at radius 1 is 0.969 bits per heavy atom. The summed E-state index contributed by atoms with van der Waals surface area (Å²) in [6.45, 7) is 1.95. The van der Waals surface area contributed by atoms with Gasteiger partial charge in [0.15, 0.2) is 17.1 Å². The normalized spacial score (nSPS) is 11.6. The largest absolute Gasteiger partial charge is 0.331 e. The molecule has 6 aromatic rings. The minimum Gasteiger partial charge on any atom is -0.331 e. The third-order valence-electron chi connectivity index (χ3n) is 5.68. The maximum Gasteiger partial charge on any atom is 0.161 e. The molecule has 6 rings (SSSR count). The smallest absolute Gasteiger partial charge is 0.161 e. The van der Waals surface area contributed by atoms with Crippen LogP contribution in [0.3, 0.4) is 0 Å². The van der Waals surface area contributed by atoms with Crippen LogP contribution in [0.25, 0.3) is 56.1 Å². The quantitative estimate of drug-likeness (QED) is 0.438. The molecule has 0 atom stereocenters. The number of H-pyrrole nitrogens is 2. The van der Waals surface area contributed by atoms with Gasteiger partial charge in [-0.3, -0.25) is 5.10 Å². The van der Waals surface area contributed by atoms with Crippen LogP contribution < -0.4 is 0 Å². The van der Waals surface area contributed by atoms with E-state index in [1.807, 2.05) is 42.9 Å². The number of hydrogen-bond donors (Lipinski definition) is 2. The number of imidazole rings is 2. The number of aromatic amines is 2. The molecule has 2 N–H and O–H groups in total. The molecule has 0 aliphatic rings. The van der Waals surface area contributed by atoms with E-state index in [4.69, 9.17) is 4.98 Å². The van der Waals surface area contributed by atoms with Crippen LogP contribution >= 0.6 is 0 Å². The summed E-state index contributed by atoms with van der Waals surface area (Å²) in [4.78, 5) is 21.3. The molecule has 9 heteroatoms. The van der Waals surface area contributed by atoms with Crippen molar-refractivity contribution in [1.82, 2.24) is 39.7 Å². The molecule has 1 aromatic carbocycles. The highest BCUT2D eigenvalue weighted by Crippen LogP contribution is 2.32. The van der Waals surface area contributed by atoms with Crippen molar-refractivity contribution in [3.8, 4) is 33.9 Å². The SMILES string of the molecule is Cc1ncc(-c2cnc3[nH]nc(-c4nc5c(-c6cccc(F)c6)ccnc5[nH]4)c3c2)n1C. The molecular weight excluding hydrogens is 407 g/mol. The van der Waals surface area contributed by atoms with E-state index in [1.165, 1.54) is 12.1 Å². The molecule has 0 spiro atoms. The van der Waals surface area contributed by atoms with Crippen LogP contribution in [0.1, 0.15) is 5.82 Å². The fourth-order valence-electron chi connectivity index (χ4n) is 3.91. The monoisotopic (exact) mass is 424 g/mol. The number of pyridine rings is 2. The number of halogens is 1. The molecule has 32 heavy (non-hydrogen) atoms. The predicted octanol–water partition coefficient (Wildman–Crippen LogP) is 4.41. The summed E-state index contributed by atoms with van der Waals surface area (Å²) < 4.78 is 15.8. The van der Waals surface area contributed by atoms with Gasteiger partial charge in [0, 0.05) is 30.6 Å². The van der Waals surface area contributed by atoms with E-state index in [0.717, 1.165) is 33.6 Å². The molecule has 0 unspecified atom stereocenters. The lowest BCUT2D eigenvalue weighted by atomic mass is 10.1. The summed E-state index contributed by atoms with van der Waals surface area (Å²) in [6, 6.07) is 10.3. The maximum absolute atomic E-state index is 13.8. The van der Waals surface area contributed by atoms with Gasteiger partial charge in [-0.1, -0.05) is 12.1 Å². The highest BCUT2D eigenvalue weighted by Gasteiger charge is 2.17. The highest BCUT2D eigenvalue weighted by atomic mass is 19.1. The van der Waals surface area contributed by atoms with Crippen LogP contribution in [0.4, 0.5) is 4.39 Å². The molecular formula is C23H17FN8. The van der Waals surface area contributed by atoms with Crippen LogP contribution in [-0.4, -0.2) is 39.7 Å². The maximum atomic E-state index is 13.8. The zero-order chi connectivity index (χ0) is 21.8. The van der Waals surface area contributed by atoms with Crippen molar-refractivity contribution >= 4 is 22.2 Å². The Kier molecular flexibility index (Phi) is 3.91. The third-order valence-corrected chi connectivity index (χ3v) is 5.68. The minimum absolute atomic E-state index is 0.300. The fraction of sp³-hybridized carbons (Fsp3) is 0.0870. The van der Waals surface area contributed by atoms with Gasteiger partial charge in [0.25, 0.3) is 0 Å². The molecule has 8 nitrogen and oxygen atoms in total. The minimum atomic E-state index is -0.300. The molecule has 0 amide bonds. The van der Waals surface area contributed by atoms with Crippen molar-refractivity contribution in [3.63, 3.8) is 0 Å². The third kappa shape index (κ3) is 2.78. The van der Waals surface area contributed by atoms with Crippen molar-refractivity contribution in [1.29, 1.82) is 0 Å². The number of fused-ring (bicyclic) bond motifs is 2. The van der Waals surface area contributed by atoms with Crippen LogP contribution in [0.15, 0.2) is 55.0 Å². The summed E-state index contributed by atoms with van der Waals surface area (Å²) in [6.07, 6.45) is 5.30. The molecule has 0 fully saturated rings. The van der Waals surface area contributed by atoms with Crippen LogP contribution in [-0.2, 0) is 7.05 Å². The van der Waals surface area contributed by atoms with Gasteiger partial charge in [0.2, 0.25) is 0 Å². The summed E-state index contributed by atoms with van der Waals surface area (Å²) in [7, 11) is 1.97. The molecule has 0 aliphatic heterocycles. The first-order valence-electron chi connectivity index (χ1n) is 10.0. The molecule has 156 valence electrons. The van der Waals surface area contributed by atoms with Crippen molar-refractivity contribution in [2.24, 2.45) is 7.05 Å². The van der Waals surface area contributed by atoms with Gasteiger partial charge in [-0.25, -0.2) is 24.3 Å². The Morgan fingerprint density at radius 2 is 1.88 bits per heavy atom. The molecule has 0 aliphatic carbocycles. The van der Waals surface area contributed by atoms with Crippen LogP contribution in [0.5, 0.6) is 0 Å². The van der Waals surface area contributed by atoms with Gasteiger partial charge >= 0.3 is 0 Å². The van der Waals surface area contributed by atoms with E-state index in [2.05, 4.69) is 30.1 Å². The van der Waals surface area contributed by atoms with E-state index in [-0.39, 0.29) is 5.82 Å². The molecule has 5 aromatic heterocycles. The summed E-state index contributed by atoms with van der Waals surface area (Å²) in [5, 5.41) is 8.24. The zero-order valence-corrected chi connectivity index (χ0v) is 17.3. The van der Waals surface area contributed by atoms with Gasteiger partial charge in [-0.05, 0) is 36.8 Å². The number of benzene rings is 1. The van der Waals surface area contributed by atoms with Crippen LogP contribution in [0.2, 0.25) is 0 Å². The lowest BCUT2D eigenvalue weighted by Gasteiger charge is -2.03. The first-order chi connectivity index (χ1) is 15.6. The van der Waals surface area contributed by atoms with Crippen molar-refractivity contribution in [2.75, 3.05) is 0 Å². The Hall–Kier alpha value is -4.40. The van der Waals surface area contributed by atoms with E-state index in [1.54, 1.807) is 18.5 Å². The lowest BCUT2D eigenvalue weighted by molar-refractivity contribution is 0.628. The average Bonchev–Trinajstić information content (AvgIpc) is 3.50. The van der Waals surface area contributed by atoms with Gasteiger partial charge in [-0.15, -0.1) is 0 Å². The first-order valence-corrected chi connectivity index (χ1v) is 10.0. The Bertz CT molecular complexity index is 1620. The van der Waals surface area contributed by atoms with Gasteiger partial charge in [-0.2, -0.15) is 5.10 Å². The van der Waals surface area contributed by atoms with Gasteiger partial charge in [0.05, 0.1) is 17.3 Å². The van der Waals surface area contributed by atoms with Gasteiger partial charge in [0.1, 0.15) is 22.9 Å². The highest BCUT2D eigenvalue weighted by molar-refractivity contribution is 5.95. The van der Waals surface area contributed by atoms with E-state index in [9.17, 15) is 4.39 Å². The van der Waals surface area contributed by atoms with E-state index in [0.29, 0.717) is 28.3 Å². The number of aromatic nitrogens is 8. The summed E-state index contributed by atoms with van der Waals surface area (Å²) in [5.74, 6) is 1.18. The molecule has 0 radical (unpaired) electrons. The number of hydrogen-bond acceptors (Lipinski definition) is 5. The molecule has 5 heterocycles. The van der Waals surface area contributed by atoms with E-state index >= 15 is 0 Å². The Balaban J connectivity index is 1.52. The molecule has 0 saturated heterocycles. The number of rotatable bonds is 3. The second kappa shape index (κ2) is 6.81. The standard InChI is InChI=1S/C23H17FN8/c1-12-26-11-18(32(12)2)14-9-17-20(30-31-21(17)27-10-14)23-28-19-16(6-7-25-22(19)29-23)13-4-3-5-15(24)8-13/h3-11H,1-2H3,(H,25,28,29)(H,27,30,31). The number of nitrogens with zero attached hydrogens (tertiary/aromatic N) is 6. The predicted molar refractivity (Wildman–Crippen MR) is 119 cm³/mol. The van der Waals surface area contributed by atoms with Gasteiger partial charge < -0.3 is 9.55 Å². The van der Waals surface area contributed by atoms with Crippen molar-refractivity contribution < 1.29 is 4.39 Å². The Labute approximate surface area is 181 Å². The van der Waals surface area contributed by atoms with E-state index < -0.39 is 0 Å². The van der Waals surface area contributed by atoms with Crippen LogP contribution in [0, 0.1) is 12.7 Å². The fourth-order valence-corrected chi connectivity index (χ4v) is 3.91. The average molecular weight is 424 g/mol. The zero-order valence-electron chi connectivity index (χ0n) is 17.3. The summed E-state index contributed by atoms with van der Waals surface area (Å²) >= 11 is 0. The Morgan fingerprint density at radius 3 is 2.69 bits per heavy atom.